The van der Waals surface area contributed by atoms with Crippen LogP contribution in [0.4, 0.5) is 0 Å². The van der Waals surface area contributed by atoms with E-state index in [1.54, 1.807) is 11.8 Å². The predicted octanol–water partition coefficient (Wildman–Crippen LogP) is 0.455. The summed E-state index contributed by atoms with van der Waals surface area (Å²) < 4.78 is 9.99. The van der Waals surface area contributed by atoms with E-state index in [0.717, 1.165) is 12.8 Å². The highest BCUT2D eigenvalue weighted by Crippen LogP contribution is 2.34. The maximum atomic E-state index is 11.9. The number of rotatable bonds is 3. The Labute approximate surface area is 94.0 Å². The van der Waals surface area contributed by atoms with Crippen molar-refractivity contribution in [3.05, 3.63) is 11.3 Å². The lowest BCUT2D eigenvalue weighted by molar-refractivity contribution is -0.139. The number of esters is 1. The lowest BCUT2D eigenvalue weighted by atomic mass is 10.1. The number of methoxy groups -OCH3 is 1. The maximum Gasteiger partial charge on any atom is 0.340 e. The molecule has 1 unspecified atom stereocenters. The smallest absolute Gasteiger partial charge is 0.340 e. The summed E-state index contributed by atoms with van der Waals surface area (Å²) in [4.78, 5) is 25.3. The number of hydrogen-bond acceptors (Lipinski definition) is 4. The van der Waals surface area contributed by atoms with Gasteiger partial charge in [0.25, 0.3) is 5.91 Å². The second kappa shape index (κ2) is 4.15. The second-order valence-electron chi connectivity index (χ2n) is 3.82. The Kier molecular flexibility index (Phi) is 2.85. The first-order valence-electron chi connectivity index (χ1n) is 5.47. The van der Waals surface area contributed by atoms with E-state index in [4.69, 9.17) is 9.47 Å². The molecule has 1 fully saturated rings. The summed E-state index contributed by atoms with van der Waals surface area (Å²) in [6.45, 7) is 2.74. The van der Waals surface area contributed by atoms with Gasteiger partial charge in [-0.2, -0.15) is 0 Å². The number of carbonyl (C=O) groups is 2. The molecule has 0 aromatic heterocycles. The molecule has 0 bridgehead atoms. The molecular formula is C11H15NO4. The Balaban J connectivity index is 2.33. The van der Waals surface area contributed by atoms with Gasteiger partial charge in [-0.15, -0.1) is 0 Å². The van der Waals surface area contributed by atoms with Crippen LogP contribution in [-0.4, -0.2) is 43.1 Å². The van der Waals surface area contributed by atoms with Crippen LogP contribution in [0.15, 0.2) is 11.3 Å². The van der Waals surface area contributed by atoms with Crippen LogP contribution >= 0.6 is 0 Å². The van der Waals surface area contributed by atoms with Gasteiger partial charge in [-0.25, -0.2) is 4.79 Å². The van der Waals surface area contributed by atoms with Crippen molar-refractivity contribution in [3.63, 3.8) is 0 Å². The zero-order chi connectivity index (χ0) is 11.7. The van der Waals surface area contributed by atoms with E-state index in [2.05, 4.69) is 0 Å². The molecule has 5 nitrogen and oxygen atoms in total. The summed E-state index contributed by atoms with van der Waals surface area (Å²) in [7, 11) is 1.41. The lowest BCUT2D eigenvalue weighted by Crippen LogP contribution is -2.31. The summed E-state index contributed by atoms with van der Waals surface area (Å²) >= 11 is 0. The fourth-order valence-electron chi connectivity index (χ4n) is 2.34. The molecule has 2 aliphatic rings. The van der Waals surface area contributed by atoms with E-state index >= 15 is 0 Å². The first-order valence-corrected chi connectivity index (χ1v) is 5.47. The molecule has 0 aliphatic carbocycles. The number of hydrogen-bond donors (Lipinski definition) is 0. The van der Waals surface area contributed by atoms with Crippen molar-refractivity contribution < 1.29 is 19.1 Å². The molecule has 5 heteroatoms. The Morgan fingerprint density at radius 2 is 2.31 bits per heavy atom. The average molecular weight is 225 g/mol. The topological polar surface area (TPSA) is 55.8 Å². The molecular weight excluding hydrogens is 210 g/mol. The van der Waals surface area contributed by atoms with Crippen LogP contribution in [0.5, 0.6) is 0 Å². The summed E-state index contributed by atoms with van der Waals surface area (Å²) in [6.07, 6.45) is 1.74. The molecule has 0 N–H and O–H groups in total. The lowest BCUT2D eigenvalue weighted by Gasteiger charge is -2.16. The van der Waals surface area contributed by atoms with E-state index in [-0.39, 0.29) is 17.7 Å². The number of carbonyl (C=O) groups excluding carboxylic acids is 2. The summed E-state index contributed by atoms with van der Waals surface area (Å²) in [6, 6.07) is -0.138. The SMILES string of the molecule is CCOC(=O)C1=C(OC)C(=O)N2CCCC12. The van der Waals surface area contributed by atoms with E-state index in [1.165, 1.54) is 7.11 Å². The number of fused-ring (bicyclic) bond motifs is 1. The van der Waals surface area contributed by atoms with Crippen LogP contribution < -0.4 is 0 Å². The summed E-state index contributed by atoms with van der Waals surface area (Å²) in [5.74, 6) is -0.460. The van der Waals surface area contributed by atoms with Crippen LogP contribution in [0.1, 0.15) is 19.8 Å². The molecule has 0 spiro atoms. The van der Waals surface area contributed by atoms with Gasteiger partial charge >= 0.3 is 5.97 Å². The van der Waals surface area contributed by atoms with Gasteiger partial charge in [-0.05, 0) is 19.8 Å². The Morgan fingerprint density at radius 3 is 2.94 bits per heavy atom. The monoisotopic (exact) mass is 225 g/mol. The van der Waals surface area contributed by atoms with Crippen LogP contribution in [0.25, 0.3) is 0 Å². The Hall–Kier alpha value is -1.52. The normalized spacial score (nSPS) is 23.8. The number of ether oxygens (including phenoxy) is 2. The Morgan fingerprint density at radius 1 is 1.56 bits per heavy atom. The molecule has 1 amide bonds. The highest BCUT2D eigenvalue weighted by atomic mass is 16.5. The molecule has 88 valence electrons. The molecule has 2 aliphatic heterocycles. The van der Waals surface area contributed by atoms with Crippen molar-refractivity contribution in [2.45, 2.75) is 25.8 Å². The van der Waals surface area contributed by atoms with Crippen molar-refractivity contribution in [1.29, 1.82) is 0 Å². The minimum Gasteiger partial charge on any atom is -0.491 e. The third kappa shape index (κ3) is 1.47. The van der Waals surface area contributed by atoms with E-state index < -0.39 is 5.97 Å². The molecule has 16 heavy (non-hydrogen) atoms. The molecule has 0 aromatic rings. The van der Waals surface area contributed by atoms with Crippen LogP contribution in [0.2, 0.25) is 0 Å². The van der Waals surface area contributed by atoms with Crippen LogP contribution in [0.3, 0.4) is 0 Å². The van der Waals surface area contributed by atoms with Gasteiger partial charge in [0, 0.05) is 6.54 Å². The number of nitrogens with zero attached hydrogens (tertiary/aromatic N) is 1. The van der Waals surface area contributed by atoms with Crippen molar-refractivity contribution in [2.75, 3.05) is 20.3 Å². The average Bonchev–Trinajstić information content (AvgIpc) is 2.80. The first-order chi connectivity index (χ1) is 7.70. The maximum absolute atomic E-state index is 11.9. The number of amides is 1. The van der Waals surface area contributed by atoms with Gasteiger partial charge in [0.1, 0.15) is 5.57 Å². The van der Waals surface area contributed by atoms with Gasteiger partial charge in [0.2, 0.25) is 0 Å². The molecule has 0 aromatic carbocycles. The van der Waals surface area contributed by atoms with Crippen molar-refractivity contribution >= 4 is 11.9 Å². The first kappa shape index (κ1) is 11.0. The molecule has 1 atom stereocenters. The highest BCUT2D eigenvalue weighted by Gasteiger charge is 2.46. The summed E-state index contributed by atoms with van der Waals surface area (Å²) in [5.41, 5.74) is 0.395. The summed E-state index contributed by atoms with van der Waals surface area (Å²) in [5, 5.41) is 0. The standard InChI is InChI=1S/C11H15NO4/c1-3-16-11(14)8-7-5-4-6-12(7)10(13)9(8)15-2/h7H,3-6H2,1-2H3. The molecule has 2 rings (SSSR count). The van der Waals surface area contributed by atoms with Gasteiger partial charge in [-0.3, -0.25) is 4.79 Å². The van der Waals surface area contributed by atoms with E-state index in [0.29, 0.717) is 18.7 Å². The van der Waals surface area contributed by atoms with Gasteiger partial charge in [0.05, 0.1) is 19.8 Å². The van der Waals surface area contributed by atoms with Crippen molar-refractivity contribution in [3.8, 4) is 0 Å². The van der Waals surface area contributed by atoms with Gasteiger partial charge < -0.3 is 14.4 Å². The van der Waals surface area contributed by atoms with Gasteiger partial charge in [-0.1, -0.05) is 0 Å². The van der Waals surface area contributed by atoms with E-state index in [9.17, 15) is 9.59 Å². The van der Waals surface area contributed by atoms with Crippen LogP contribution in [-0.2, 0) is 19.1 Å². The van der Waals surface area contributed by atoms with Crippen molar-refractivity contribution in [1.82, 2.24) is 4.90 Å². The Bertz CT molecular complexity index is 361. The van der Waals surface area contributed by atoms with Crippen molar-refractivity contribution in [2.24, 2.45) is 0 Å². The third-order valence-electron chi connectivity index (χ3n) is 2.99. The third-order valence-corrected chi connectivity index (χ3v) is 2.99. The molecule has 2 heterocycles. The zero-order valence-electron chi connectivity index (χ0n) is 9.49. The van der Waals surface area contributed by atoms with Gasteiger partial charge in [0.15, 0.2) is 5.76 Å². The highest BCUT2D eigenvalue weighted by molar-refractivity contribution is 6.06. The second-order valence-corrected chi connectivity index (χ2v) is 3.82. The predicted molar refractivity (Wildman–Crippen MR) is 55.4 cm³/mol. The molecule has 0 radical (unpaired) electrons. The quantitative estimate of drug-likeness (QED) is 0.654. The zero-order valence-corrected chi connectivity index (χ0v) is 9.49. The molecule has 1 saturated heterocycles. The van der Waals surface area contributed by atoms with E-state index in [1.807, 2.05) is 0 Å². The minimum atomic E-state index is -0.429. The van der Waals surface area contributed by atoms with Crippen LogP contribution in [0, 0.1) is 0 Å². The minimum absolute atomic E-state index is 0.138. The fraction of sp³-hybridized carbons (Fsp3) is 0.636. The fourth-order valence-corrected chi connectivity index (χ4v) is 2.34. The largest absolute Gasteiger partial charge is 0.491 e. The molecule has 0 saturated carbocycles.